The highest BCUT2D eigenvalue weighted by atomic mass is 16.7. The van der Waals surface area contributed by atoms with Gasteiger partial charge in [-0.15, -0.1) is 6.58 Å². The Balaban J connectivity index is 1.71. The van der Waals surface area contributed by atoms with Crippen molar-refractivity contribution in [3.63, 3.8) is 0 Å². The molecule has 0 amide bonds. The molecule has 0 radical (unpaired) electrons. The third-order valence-corrected chi connectivity index (χ3v) is 7.16. The van der Waals surface area contributed by atoms with Crippen molar-refractivity contribution in [1.82, 2.24) is 0 Å². The van der Waals surface area contributed by atoms with Crippen molar-refractivity contribution >= 4 is 0 Å². The molecule has 4 rings (SSSR count). The number of nitrogens with zero attached hydrogens (tertiary/aromatic N) is 2. The minimum Gasteiger partial charge on any atom is -0.374 e. The second kappa shape index (κ2) is 15.9. The van der Waals surface area contributed by atoms with Crippen molar-refractivity contribution < 1.29 is 28.6 Å². The van der Waals surface area contributed by atoms with Gasteiger partial charge in [0, 0.05) is 17.8 Å². The van der Waals surface area contributed by atoms with Crippen molar-refractivity contribution in [2.45, 2.75) is 62.8 Å². The van der Waals surface area contributed by atoms with Crippen LogP contribution in [0.4, 0.5) is 0 Å². The molecule has 3 aromatic rings. The molecule has 220 valence electrons. The second-order valence-corrected chi connectivity index (χ2v) is 10.0. The van der Waals surface area contributed by atoms with Gasteiger partial charge in [-0.3, -0.25) is 10.1 Å². The van der Waals surface area contributed by atoms with E-state index in [0.717, 1.165) is 16.7 Å². The van der Waals surface area contributed by atoms with Crippen molar-refractivity contribution in [2.24, 2.45) is 0 Å². The lowest BCUT2D eigenvalue weighted by Crippen LogP contribution is -2.71. The van der Waals surface area contributed by atoms with Crippen LogP contribution in [0.5, 0.6) is 0 Å². The Morgan fingerprint density at radius 1 is 0.881 bits per heavy atom. The van der Waals surface area contributed by atoms with Crippen LogP contribution < -0.4 is 0 Å². The average molecular weight is 573 g/mol. The predicted octanol–water partition coefficient (Wildman–Crippen LogP) is 5.62. The number of nitro groups is 1. The van der Waals surface area contributed by atoms with Gasteiger partial charge in [0.25, 0.3) is 0 Å². The lowest BCUT2D eigenvalue weighted by molar-refractivity contribution is -0.627. The van der Waals surface area contributed by atoms with E-state index in [-0.39, 0.29) is 39.3 Å². The standard InChI is InChI=1S/C33H36N2O7/c1-2-21-39-32-33(35(36)37,19-12-20-34)31(41-24-28-17-10-5-11-18-28)30(40-23-27-15-8-4-9-16-27)29(42-32)25-38-22-26-13-6-3-7-14-26/h2-11,13-18,29-32H,1,12,19,21-25H2/t29-,30+,31+,32+,33-/m1/s1. The second-order valence-electron chi connectivity index (χ2n) is 10.0. The molecule has 1 aliphatic rings. The van der Waals surface area contributed by atoms with Crippen LogP contribution in [0.15, 0.2) is 104 Å². The maximum atomic E-state index is 13.0. The minimum atomic E-state index is -1.94. The Labute approximate surface area is 246 Å². The van der Waals surface area contributed by atoms with E-state index in [9.17, 15) is 15.4 Å². The highest BCUT2D eigenvalue weighted by Crippen LogP contribution is 2.41. The van der Waals surface area contributed by atoms with Gasteiger partial charge in [-0.25, -0.2) is 0 Å². The Hall–Kier alpha value is -3.91. The minimum absolute atomic E-state index is 0.00530. The zero-order valence-corrected chi connectivity index (χ0v) is 23.5. The molecule has 0 aromatic heterocycles. The molecule has 1 saturated heterocycles. The molecule has 1 fully saturated rings. The van der Waals surface area contributed by atoms with E-state index in [2.05, 4.69) is 6.58 Å². The van der Waals surface area contributed by atoms with Crippen molar-refractivity contribution in [3.05, 3.63) is 130 Å². The van der Waals surface area contributed by atoms with E-state index in [1.165, 1.54) is 6.08 Å². The SMILES string of the molecule is C=CCO[C@H]1O[C@H](COCc2ccccc2)[C@H](OCc2ccccc2)[C@H](OCc2ccccc2)[C@@]1(CCC#N)[N+](=O)[O-]. The number of hydrogen-bond acceptors (Lipinski definition) is 8. The molecular formula is C33H36N2O7. The van der Waals surface area contributed by atoms with E-state index in [1.54, 1.807) is 0 Å². The molecule has 5 atom stereocenters. The fourth-order valence-electron chi connectivity index (χ4n) is 5.07. The zero-order valence-electron chi connectivity index (χ0n) is 23.5. The van der Waals surface area contributed by atoms with Crippen molar-refractivity contribution in [3.8, 4) is 6.07 Å². The molecule has 42 heavy (non-hydrogen) atoms. The van der Waals surface area contributed by atoms with Gasteiger partial charge in [0.15, 0.2) is 6.10 Å². The smallest absolute Gasteiger partial charge is 0.301 e. The molecule has 0 spiro atoms. The van der Waals surface area contributed by atoms with Crippen LogP contribution >= 0.6 is 0 Å². The Morgan fingerprint density at radius 3 is 1.95 bits per heavy atom. The monoisotopic (exact) mass is 572 g/mol. The van der Waals surface area contributed by atoms with Gasteiger partial charge in [-0.05, 0) is 16.7 Å². The van der Waals surface area contributed by atoms with Gasteiger partial charge in [0.1, 0.15) is 12.2 Å². The molecular weight excluding hydrogens is 536 g/mol. The van der Waals surface area contributed by atoms with Crippen LogP contribution in [0.2, 0.25) is 0 Å². The normalized spacial score (nSPS) is 23.6. The summed E-state index contributed by atoms with van der Waals surface area (Å²) in [4.78, 5) is 12.6. The third-order valence-electron chi connectivity index (χ3n) is 7.16. The third kappa shape index (κ3) is 7.88. The van der Waals surface area contributed by atoms with Gasteiger partial charge in [0.05, 0.1) is 39.1 Å². The summed E-state index contributed by atoms with van der Waals surface area (Å²) in [5, 5.41) is 22.5. The molecule has 9 heteroatoms. The summed E-state index contributed by atoms with van der Waals surface area (Å²) in [6.07, 6.45) is -2.96. The fraction of sp³-hybridized carbons (Fsp3) is 0.364. The number of ether oxygens (including phenoxy) is 5. The van der Waals surface area contributed by atoms with Crippen LogP contribution in [-0.2, 0) is 43.5 Å². The van der Waals surface area contributed by atoms with E-state index >= 15 is 0 Å². The summed E-state index contributed by atoms with van der Waals surface area (Å²) in [6, 6.07) is 30.6. The lowest BCUT2D eigenvalue weighted by atomic mass is 9.79. The summed E-state index contributed by atoms with van der Waals surface area (Å²) in [7, 11) is 0. The highest BCUT2D eigenvalue weighted by molar-refractivity contribution is 5.16. The number of rotatable bonds is 16. The Morgan fingerprint density at radius 2 is 1.43 bits per heavy atom. The first-order chi connectivity index (χ1) is 20.6. The zero-order chi connectivity index (χ0) is 29.6. The number of benzene rings is 3. The van der Waals surface area contributed by atoms with Crippen LogP contribution in [-0.4, -0.2) is 48.3 Å². The van der Waals surface area contributed by atoms with Gasteiger partial charge < -0.3 is 23.7 Å². The topological polar surface area (TPSA) is 113 Å². The maximum absolute atomic E-state index is 13.0. The first-order valence-corrected chi connectivity index (χ1v) is 13.9. The average Bonchev–Trinajstić information content (AvgIpc) is 3.02. The van der Waals surface area contributed by atoms with Crippen LogP contribution in [0.25, 0.3) is 0 Å². The molecule has 0 unspecified atom stereocenters. The van der Waals surface area contributed by atoms with Gasteiger partial charge in [-0.1, -0.05) is 97.1 Å². The Bertz CT molecular complexity index is 1290. The quantitative estimate of drug-likeness (QED) is 0.123. The fourth-order valence-corrected chi connectivity index (χ4v) is 5.07. The van der Waals surface area contributed by atoms with E-state index < -0.39 is 35.1 Å². The van der Waals surface area contributed by atoms with Crippen LogP contribution in [0.1, 0.15) is 29.5 Å². The van der Waals surface area contributed by atoms with E-state index in [0.29, 0.717) is 6.61 Å². The molecule has 3 aromatic carbocycles. The molecule has 9 nitrogen and oxygen atoms in total. The largest absolute Gasteiger partial charge is 0.374 e. The van der Waals surface area contributed by atoms with E-state index in [4.69, 9.17) is 23.7 Å². The molecule has 0 bridgehead atoms. The summed E-state index contributed by atoms with van der Waals surface area (Å²) in [6.45, 7) is 4.33. The summed E-state index contributed by atoms with van der Waals surface area (Å²) >= 11 is 0. The summed E-state index contributed by atoms with van der Waals surface area (Å²) in [5.41, 5.74) is 0.756. The lowest BCUT2D eigenvalue weighted by Gasteiger charge is -2.48. The van der Waals surface area contributed by atoms with Gasteiger partial charge in [-0.2, -0.15) is 5.26 Å². The summed E-state index contributed by atoms with van der Waals surface area (Å²) < 4.78 is 31.2. The predicted molar refractivity (Wildman–Crippen MR) is 156 cm³/mol. The van der Waals surface area contributed by atoms with Gasteiger partial charge in [0.2, 0.25) is 6.29 Å². The molecule has 0 aliphatic carbocycles. The van der Waals surface area contributed by atoms with E-state index in [1.807, 2.05) is 97.1 Å². The number of nitriles is 1. The first kappa shape index (κ1) is 31.0. The number of hydrogen-bond donors (Lipinski definition) is 0. The molecule has 1 heterocycles. The van der Waals surface area contributed by atoms with Crippen molar-refractivity contribution in [1.29, 1.82) is 5.26 Å². The summed E-state index contributed by atoms with van der Waals surface area (Å²) in [5.74, 6) is 0. The van der Waals surface area contributed by atoms with Crippen LogP contribution in [0.3, 0.4) is 0 Å². The van der Waals surface area contributed by atoms with Crippen LogP contribution in [0, 0.1) is 21.4 Å². The van der Waals surface area contributed by atoms with Crippen molar-refractivity contribution in [2.75, 3.05) is 13.2 Å². The highest BCUT2D eigenvalue weighted by Gasteiger charge is 2.67. The molecule has 0 N–H and O–H groups in total. The Kier molecular flexibility index (Phi) is 11.8. The molecule has 0 saturated carbocycles. The maximum Gasteiger partial charge on any atom is 0.301 e. The molecule has 1 aliphatic heterocycles. The van der Waals surface area contributed by atoms with Gasteiger partial charge >= 0.3 is 5.54 Å². The first-order valence-electron chi connectivity index (χ1n) is 13.9.